The Hall–Kier alpha value is -2.61. The molecule has 1 fully saturated rings. The van der Waals surface area contributed by atoms with Gasteiger partial charge >= 0.3 is 6.03 Å². The van der Waals surface area contributed by atoms with Crippen LogP contribution >= 0.6 is 0 Å². The number of halogens is 1. The van der Waals surface area contributed by atoms with Crippen molar-refractivity contribution in [2.24, 2.45) is 5.41 Å². The molecule has 1 aromatic carbocycles. The predicted octanol–water partition coefficient (Wildman–Crippen LogP) is 4.76. The lowest BCUT2D eigenvalue weighted by Gasteiger charge is -2.39. The zero-order valence-electron chi connectivity index (χ0n) is 15.7. The molecule has 1 aliphatic heterocycles. The lowest BCUT2D eigenvalue weighted by molar-refractivity contribution is 0.155. The van der Waals surface area contributed by atoms with Gasteiger partial charge in [-0.25, -0.2) is 9.18 Å². The number of carbonyl (C=O) groups excluding carboxylic acids is 1. The smallest absolute Gasteiger partial charge is 0.301 e. The lowest BCUT2D eigenvalue weighted by Crippen LogP contribution is -2.47. The Morgan fingerprint density at radius 2 is 2.04 bits per heavy atom. The second-order valence-electron chi connectivity index (χ2n) is 8.20. The maximum absolute atomic E-state index is 13.5. The van der Waals surface area contributed by atoms with E-state index in [1.165, 1.54) is 12.1 Å². The summed E-state index contributed by atoms with van der Waals surface area (Å²) in [6, 6.07) is 6.41. The number of allylic oxidation sites excluding steroid dienone is 2. The van der Waals surface area contributed by atoms with Crippen molar-refractivity contribution in [2.75, 3.05) is 13.6 Å². The largest absolute Gasteiger partial charge is 0.328 e. The number of rotatable bonds is 2. The van der Waals surface area contributed by atoms with Gasteiger partial charge in [-0.1, -0.05) is 39.0 Å². The monoisotopic (exact) mass is 353 g/mol. The third kappa shape index (κ3) is 3.50. The molecule has 0 aromatic heterocycles. The normalized spacial score (nSPS) is 20.3. The highest BCUT2D eigenvalue weighted by Crippen LogP contribution is 2.37. The third-order valence-corrected chi connectivity index (χ3v) is 4.83. The number of urea groups is 1. The third-order valence-electron chi connectivity index (χ3n) is 4.83. The van der Waals surface area contributed by atoms with Gasteiger partial charge in [-0.05, 0) is 29.5 Å². The SMILES string of the molecule is CN1C(=O)N(CC(C)(C)C)C2=CCC(c3ccc(F)cc3C#N)C=C1C2. The molecule has 3 rings (SSSR count). The highest BCUT2D eigenvalue weighted by atomic mass is 19.1. The molecule has 1 atom stereocenters. The van der Waals surface area contributed by atoms with E-state index in [9.17, 15) is 14.4 Å². The number of benzene rings is 1. The van der Waals surface area contributed by atoms with E-state index in [0.29, 0.717) is 24.9 Å². The van der Waals surface area contributed by atoms with Gasteiger partial charge in [-0.3, -0.25) is 4.90 Å². The summed E-state index contributed by atoms with van der Waals surface area (Å²) in [7, 11) is 1.79. The van der Waals surface area contributed by atoms with E-state index in [1.54, 1.807) is 18.0 Å². The minimum atomic E-state index is -0.410. The van der Waals surface area contributed by atoms with Gasteiger partial charge in [0, 0.05) is 37.3 Å². The second kappa shape index (κ2) is 6.60. The lowest BCUT2D eigenvalue weighted by atomic mass is 9.91. The van der Waals surface area contributed by atoms with Crippen molar-refractivity contribution >= 4 is 6.03 Å². The molecule has 0 saturated carbocycles. The van der Waals surface area contributed by atoms with E-state index in [0.717, 1.165) is 17.0 Å². The molecule has 5 heteroatoms. The maximum Gasteiger partial charge on any atom is 0.328 e. The summed E-state index contributed by atoms with van der Waals surface area (Å²) >= 11 is 0. The van der Waals surface area contributed by atoms with Crippen molar-refractivity contribution in [1.82, 2.24) is 9.80 Å². The molecule has 1 aliphatic carbocycles. The molecule has 4 nitrogen and oxygen atoms in total. The molecule has 136 valence electrons. The van der Waals surface area contributed by atoms with Crippen LogP contribution in [0.1, 0.15) is 50.7 Å². The molecule has 2 amide bonds. The molecule has 2 bridgehead atoms. The minimum Gasteiger partial charge on any atom is -0.301 e. The molecule has 0 N–H and O–H groups in total. The topological polar surface area (TPSA) is 47.3 Å². The van der Waals surface area contributed by atoms with E-state index < -0.39 is 5.82 Å². The fourth-order valence-corrected chi connectivity index (χ4v) is 3.55. The Bertz CT molecular complexity index is 842. The number of nitrogens with zero attached hydrogens (tertiary/aromatic N) is 3. The van der Waals surface area contributed by atoms with Crippen molar-refractivity contribution in [1.29, 1.82) is 5.26 Å². The summed E-state index contributed by atoms with van der Waals surface area (Å²) < 4.78 is 13.5. The first kappa shape index (κ1) is 18.2. The van der Waals surface area contributed by atoms with Crippen molar-refractivity contribution in [3.8, 4) is 6.07 Å². The van der Waals surface area contributed by atoms with Gasteiger partial charge < -0.3 is 4.90 Å². The van der Waals surface area contributed by atoms with E-state index in [4.69, 9.17) is 0 Å². The summed E-state index contributed by atoms with van der Waals surface area (Å²) in [5.41, 5.74) is 3.09. The van der Waals surface area contributed by atoms with Crippen LogP contribution in [0, 0.1) is 22.6 Å². The molecule has 0 radical (unpaired) electrons. The summed E-state index contributed by atoms with van der Waals surface area (Å²) in [6.45, 7) is 7.00. The van der Waals surface area contributed by atoms with Crippen LogP contribution in [0.4, 0.5) is 9.18 Å². The Labute approximate surface area is 154 Å². The molecule has 1 unspecified atom stereocenters. The fourth-order valence-electron chi connectivity index (χ4n) is 3.55. The van der Waals surface area contributed by atoms with Crippen molar-refractivity contribution in [3.05, 3.63) is 58.7 Å². The van der Waals surface area contributed by atoms with Crippen LogP contribution in [0.25, 0.3) is 0 Å². The van der Waals surface area contributed by atoms with Gasteiger partial charge in [0.25, 0.3) is 0 Å². The average molecular weight is 353 g/mol. The van der Waals surface area contributed by atoms with Crippen LogP contribution in [0.15, 0.2) is 41.7 Å². The number of nitriles is 1. The molecule has 1 saturated heterocycles. The van der Waals surface area contributed by atoms with Gasteiger partial charge in [-0.15, -0.1) is 0 Å². The number of carbonyl (C=O) groups is 1. The summed E-state index contributed by atoms with van der Waals surface area (Å²) in [6.07, 6.45) is 5.51. The van der Waals surface area contributed by atoms with E-state index in [1.807, 2.05) is 11.0 Å². The van der Waals surface area contributed by atoms with Crippen LogP contribution in [-0.2, 0) is 0 Å². The molecule has 2 aliphatic rings. The van der Waals surface area contributed by atoms with Crippen molar-refractivity contribution in [3.63, 3.8) is 0 Å². The molecule has 1 heterocycles. The first-order valence-electron chi connectivity index (χ1n) is 8.84. The molecule has 0 spiro atoms. The van der Waals surface area contributed by atoms with E-state index in [2.05, 4.69) is 32.9 Å². The summed E-state index contributed by atoms with van der Waals surface area (Å²) in [5.74, 6) is -0.463. The number of hydrogen-bond donors (Lipinski definition) is 0. The Kier molecular flexibility index (Phi) is 4.62. The van der Waals surface area contributed by atoms with Crippen LogP contribution in [-0.4, -0.2) is 29.4 Å². The first-order chi connectivity index (χ1) is 12.2. The summed E-state index contributed by atoms with van der Waals surface area (Å²) in [4.78, 5) is 16.4. The Balaban J connectivity index is 2.00. The highest BCUT2D eigenvalue weighted by Gasteiger charge is 2.34. The Morgan fingerprint density at radius 3 is 2.69 bits per heavy atom. The van der Waals surface area contributed by atoms with Gasteiger partial charge in [0.05, 0.1) is 11.6 Å². The molecular weight excluding hydrogens is 329 g/mol. The van der Waals surface area contributed by atoms with Gasteiger partial charge in [0.1, 0.15) is 5.82 Å². The Morgan fingerprint density at radius 1 is 1.31 bits per heavy atom. The predicted molar refractivity (Wildman–Crippen MR) is 98.6 cm³/mol. The van der Waals surface area contributed by atoms with Gasteiger partial charge in [0.2, 0.25) is 0 Å². The average Bonchev–Trinajstić information content (AvgIpc) is 2.77. The zero-order chi connectivity index (χ0) is 19.1. The zero-order valence-corrected chi connectivity index (χ0v) is 15.7. The van der Waals surface area contributed by atoms with Gasteiger partial charge in [0.15, 0.2) is 0 Å². The van der Waals surface area contributed by atoms with Crippen molar-refractivity contribution in [2.45, 2.75) is 39.5 Å². The number of amides is 2. The summed E-state index contributed by atoms with van der Waals surface area (Å²) in [5, 5.41) is 9.37. The van der Waals surface area contributed by atoms with Crippen LogP contribution in [0.2, 0.25) is 0 Å². The van der Waals surface area contributed by atoms with E-state index in [-0.39, 0.29) is 17.4 Å². The number of fused-ring (bicyclic) bond motifs is 2. The molecule has 1 aromatic rings. The molecule has 26 heavy (non-hydrogen) atoms. The molecular formula is C21H24FN3O. The van der Waals surface area contributed by atoms with Crippen LogP contribution in [0.3, 0.4) is 0 Å². The van der Waals surface area contributed by atoms with Crippen molar-refractivity contribution < 1.29 is 9.18 Å². The fraction of sp³-hybridized carbons (Fsp3) is 0.429. The van der Waals surface area contributed by atoms with Crippen LogP contribution < -0.4 is 0 Å². The quantitative estimate of drug-likeness (QED) is 0.770. The second-order valence-corrected chi connectivity index (χ2v) is 8.20. The number of hydrogen-bond acceptors (Lipinski definition) is 2. The first-order valence-corrected chi connectivity index (χ1v) is 8.84. The van der Waals surface area contributed by atoms with E-state index >= 15 is 0 Å². The highest BCUT2D eigenvalue weighted by molar-refractivity contribution is 5.80. The van der Waals surface area contributed by atoms with Crippen LogP contribution in [0.5, 0.6) is 0 Å². The maximum atomic E-state index is 13.5. The minimum absolute atomic E-state index is 0.00476. The standard InChI is InChI=1S/C21H24FN3O/c1-21(2,3)13-25-17-7-5-14(10-18(11-17)24(4)20(25)26)19-8-6-16(22)9-15(19)12-23/h6-10,14H,5,11,13H2,1-4H3. The van der Waals surface area contributed by atoms with Gasteiger partial charge in [-0.2, -0.15) is 5.26 Å².